The van der Waals surface area contributed by atoms with E-state index in [-0.39, 0.29) is 11.5 Å². The smallest absolute Gasteiger partial charge is 0.337 e. The van der Waals surface area contributed by atoms with Gasteiger partial charge in [-0.3, -0.25) is 4.79 Å². The van der Waals surface area contributed by atoms with E-state index < -0.39 is 5.97 Å². The molecule has 6 heteroatoms. The second kappa shape index (κ2) is 8.30. The Balaban J connectivity index is 1.56. The van der Waals surface area contributed by atoms with Crippen molar-refractivity contribution < 1.29 is 14.7 Å². The van der Waals surface area contributed by atoms with Gasteiger partial charge in [-0.2, -0.15) is 0 Å². The van der Waals surface area contributed by atoms with Crippen molar-refractivity contribution in [1.29, 1.82) is 0 Å². The first-order valence-corrected chi connectivity index (χ1v) is 10.5. The summed E-state index contributed by atoms with van der Waals surface area (Å²) in [7, 11) is 0. The normalized spacial score (nSPS) is 14.0. The van der Waals surface area contributed by atoms with E-state index in [1.807, 2.05) is 35.4 Å². The molecular formula is C25H27N3O3. The van der Waals surface area contributed by atoms with Crippen LogP contribution in [0.25, 0.3) is 5.69 Å². The molecule has 0 saturated carbocycles. The summed E-state index contributed by atoms with van der Waals surface area (Å²) < 4.78 is 1.88. The van der Waals surface area contributed by atoms with Crippen LogP contribution in [0, 0.1) is 20.8 Å². The number of aromatic carboxylic acids is 1. The van der Waals surface area contributed by atoms with Crippen molar-refractivity contribution in [2.24, 2.45) is 0 Å². The fourth-order valence-corrected chi connectivity index (χ4v) is 4.18. The number of anilines is 1. The van der Waals surface area contributed by atoms with Crippen LogP contribution in [0.3, 0.4) is 0 Å². The van der Waals surface area contributed by atoms with Crippen LogP contribution in [0.15, 0.2) is 54.6 Å². The maximum absolute atomic E-state index is 13.2. The maximum Gasteiger partial charge on any atom is 0.337 e. The molecule has 1 amide bonds. The second-order valence-electron chi connectivity index (χ2n) is 8.10. The van der Waals surface area contributed by atoms with Crippen LogP contribution in [0.1, 0.15) is 37.7 Å². The van der Waals surface area contributed by atoms with Crippen LogP contribution >= 0.6 is 0 Å². The average Bonchev–Trinajstić information content (AvgIpc) is 3.11. The maximum atomic E-state index is 13.2. The van der Waals surface area contributed by atoms with Crippen LogP contribution in [0.5, 0.6) is 0 Å². The number of nitrogens with zero attached hydrogens (tertiary/aromatic N) is 3. The third-order valence-electron chi connectivity index (χ3n) is 5.95. The molecule has 6 nitrogen and oxygen atoms in total. The third-order valence-corrected chi connectivity index (χ3v) is 5.95. The average molecular weight is 418 g/mol. The number of rotatable bonds is 4. The number of piperazine rings is 1. The minimum atomic E-state index is -1.01. The molecule has 3 aromatic rings. The lowest BCUT2D eigenvalue weighted by atomic mass is 10.1. The minimum absolute atomic E-state index is 0.0655. The van der Waals surface area contributed by atoms with Crippen molar-refractivity contribution in [3.8, 4) is 5.69 Å². The molecule has 1 aliphatic rings. The number of carboxylic acid groups (broad SMARTS) is 1. The quantitative estimate of drug-likeness (QED) is 0.695. The first kappa shape index (κ1) is 20.7. The van der Waals surface area contributed by atoms with Crippen molar-refractivity contribution in [2.75, 3.05) is 31.1 Å². The predicted octanol–water partition coefficient (Wildman–Crippen LogP) is 4.06. The first-order chi connectivity index (χ1) is 14.8. The van der Waals surface area contributed by atoms with Crippen LogP contribution < -0.4 is 4.90 Å². The molecule has 4 rings (SSSR count). The lowest BCUT2D eigenvalue weighted by Crippen LogP contribution is -2.48. The van der Waals surface area contributed by atoms with Gasteiger partial charge in [-0.1, -0.05) is 17.7 Å². The zero-order valence-electron chi connectivity index (χ0n) is 18.1. The Kier molecular flexibility index (Phi) is 5.55. The van der Waals surface area contributed by atoms with E-state index in [0.717, 1.165) is 24.5 Å². The molecule has 160 valence electrons. The van der Waals surface area contributed by atoms with Gasteiger partial charge in [-0.15, -0.1) is 0 Å². The Bertz CT molecular complexity index is 1100. The molecule has 1 aromatic heterocycles. The number of aryl methyl sites for hydroxylation is 3. The number of benzene rings is 2. The van der Waals surface area contributed by atoms with Gasteiger partial charge in [-0.05, 0) is 63.2 Å². The lowest BCUT2D eigenvalue weighted by Gasteiger charge is -2.36. The van der Waals surface area contributed by atoms with Crippen LogP contribution in [0.4, 0.5) is 5.69 Å². The molecule has 1 fully saturated rings. The van der Waals surface area contributed by atoms with Gasteiger partial charge >= 0.3 is 5.97 Å². The number of hydrogen-bond acceptors (Lipinski definition) is 3. The monoisotopic (exact) mass is 417 g/mol. The molecule has 31 heavy (non-hydrogen) atoms. The Morgan fingerprint density at radius 1 is 0.806 bits per heavy atom. The Hall–Kier alpha value is -3.54. The molecule has 2 aromatic carbocycles. The molecule has 1 N–H and O–H groups in total. The SMILES string of the molecule is Cc1ccc(N2CCN(C(=O)c3ccc(C(=O)O)c(-n4c(C)ccc4C)c3)CC2)cc1. The summed E-state index contributed by atoms with van der Waals surface area (Å²) in [4.78, 5) is 29.1. The van der Waals surface area contributed by atoms with E-state index in [4.69, 9.17) is 0 Å². The van der Waals surface area contributed by atoms with Crippen molar-refractivity contribution in [3.63, 3.8) is 0 Å². The number of carbonyl (C=O) groups is 2. The number of carbonyl (C=O) groups excluding carboxylic acids is 1. The number of amides is 1. The Morgan fingerprint density at radius 3 is 2.00 bits per heavy atom. The molecule has 0 atom stereocenters. The summed E-state index contributed by atoms with van der Waals surface area (Å²) in [6, 6.07) is 17.2. The van der Waals surface area contributed by atoms with Gasteiger partial charge in [0.15, 0.2) is 0 Å². The summed E-state index contributed by atoms with van der Waals surface area (Å²) in [6.07, 6.45) is 0. The van der Waals surface area contributed by atoms with Crippen LogP contribution in [0.2, 0.25) is 0 Å². The predicted molar refractivity (Wildman–Crippen MR) is 121 cm³/mol. The highest BCUT2D eigenvalue weighted by molar-refractivity contribution is 5.98. The molecule has 1 saturated heterocycles. The molecule has 0 aliphatic carbocycles. The van der Waals surface area contributed by atoms with Gasteiger partial charge in [0.1, 0.15) is 0 Å². The standard InChI is InChI=1S/C25H27N3O3/c1-17-4-9-21(10-5-17)26-12-14-27(15-13-26)24(29)20-8-11-22(25(30)31)23(16-20)28-18(2)6-7-19(28)3/h4-11,16H,12-15H2,1-3H3,(H,30,31). The van der Waals surface area contributed by atoms with E-state index in [2.05, 4.69) is 36.1 Å². The number of hydrogen-bond donors (Lipinski definition) is 1. The largest absolute Gasteiger partial charge is 0.478 e. The van der Waals surface area contributed by atoms with E-state index in [1.54, 1.807) is 12.1 Å². The summed E-state index contributed by atoms with van der Waals surface area (Å²) >= 11 is 0. The number of carboxylic acids is 1. The molecular weight excluding hydrogens is 390 g/mol. The van der Waals surface area contributed by atoms with Crippen LogP contribution in [-0.2, 0) is 0 Å². The number of aromatic nitrogens is 1. The van der Waals surface area contributed by atoms with Crippen molar-refractivity contribution in [2.45, 2.75) is 20.8 Å². The summed E-state index contributed by atoms with van der Waals surface area (Å²) in [5.74, 6) is -1.07. The fourth-order valence-electron chi connectivity index (χ4n) is 4.18. The van der Waals surface area contributed by atoms with Gasteiger partial charge in [0.05, 0.1) is 11.3 Å². The van der Waals surface area contributed by atoms with Gasteiger partial charge in [-0.25, -0.2) is 4.79 Å². The third kappa shape index (κ3) is 4.06. The van der Waals surface area contributed by atoms with Crippen molar-refractivity contribution >= 4 is 17.6 Å². The van der Waals surface area contributed by atoms with Crippen molar-refractivity contribution in [1.82, 2.24) is 9.47 Å². The Labute approximate surface area is 182 Å². The van der Waals surface area contributed by atoms with Gasteiger partial charge < -0.3 is 19.5 Å². The highest BCUT2D eigenvalue weighted by atomic mass is 16.4. The second-order valence-corrected chi connectivity index (χ2v) is 8.10. The lowest BCUT2D eigenvalue weighted by molar-refractivity contribution is 0.0693. The van der Waals surface area contributed by atoms with Crippen LogP contribution in [-0.4, -0.2) is 52.6 Å². The van der Waals surface area contributed by atoms with E-state index in [9.17, 15) is 14.7 Å². The summed E-state index contributed by atoms with van der Waals surface area (Å²) in [5, 5.41) is 9.66. The molecule has 0 unspecified atom stereocenters. The minimum Gasteiger partial charge on any atom is -0.478 e. The summed E-state index contributed by atoms with van der Waals surface area (Å²) in [5.41, 5.74) is 5.47. The van der Waals surface area contributed by atoms with E-state index in [0.29, 0.717) is 24.3 Å². The van der Waals surface area contributed by atoms with E-state index in [1.165, 1.54) is 17.3 Å². The van der Waals surface area contributed by atoms with Crippen molar-refractivity contribution in [3.05, 3.63) is 82.7 Å². The fraction of sp³-hybridized carbons (Fsp3) is 0.280. The summed E-state index contributed by atoms with van der Waals surface area (Å²) in [6.45, 7) is 8.72. The topological polar surface area (TPSA) is 65.8 Å². The molecule has 0 spiro atoms. The highest BCUT2D eigenvalue weighted by Gasteiger charge is 2.24. The zero-order chi connectivity index (χ0) is 22.1. The molecule has 2 heterocycles. The molecule has 1 aliphatic heterocycles. The Morgan fingerprint density at radius 2 is 1.42 bits per heavy atom. The molecule has 0 bridgehead atoms. The first-order valence-electron chi connectivity index (χ1n) is 10.5. The highest BCUT2D eigenvalue weighted by Crippen LogP contribution is 2.24. The zero-order valence-corrected chi connectivity index (χ0v) is 18.1. The van der Waals surface area contributed by atoms with Gasteiger partial charge in [0.25, 0.3) is 5.91 Å². The van der Waals surface area contributed by atoms with Gasteiger partial charge in [0.2, 0.25) is 0 Å². The van der Waals surface area contributed by atoms with Gasteiger partial charge in [0, 0.05) is 48.8 Å². The molecule has 0 radical (unpaired) electrons. The van der Waals surface area contributed by atoms with E-state index >= 15 is 0 Å².